The fourth-order valence-electron chi connectivity index (χ4n) is 2.37. The standard InChI is InChI=1S/C14H18ClF2N3O2/c1-14(2)5-4-9-8(6-14)11(15)19-12(18-9)22-13(21)20(3)7-10(16)17/h10H,4-7H2,1-3H3. The van der Waals surface area contributed by atoms with Crippen molar-refractivity contribution < 1.29 is 18.3 Å². The number of hydrogen-bond acceptors (Lipinski definition) is 4. The molecule has 1 aliphatic carbocycles. The van der Waals surface area contributed by atoms with E-state index in [0.717, 1.165) is 29.0 Å². The quantitative estimate of drug-likeness (QED) is 0.796. The molecule has 1 aromatic rings. The van der Waals surface area contributed by atoms with Crippen LogP contribution in [0.2, 0.25) is 5.15 Å². The Morgan fingerprint density at radius 1 is 1.45 bits per heavy atom. The largest absolute Gasteiger partial charge is 0.417 e. The molecule has 1 amide bonds. The minimum absolute atomic E-state index is 0.121. The molecule has 2 rings (SSSR count). The van der Waals surface area contributed by atoms with Gasteiger partial charge in [0.25, 0.3) is 6.43 Å². The average molecular weight is 334 g/mol. The Morgan fingerprint density at radius 2 is 2.14 bits per heavy atom. The van der Waals surface area contributed by atoms with Gasteiger partial charge < -0.3 is 9.64 Å². The van der Waals surface area contributed by atoms with Crippen molar-refractivity contribution in [2.45, 2.75) is 39.5 Å². The van der Waals surface area contributed by atoms with E-state index in [4.69, 9.17) is 16.3 Å². The normalized spacial score (nSPS) is 16.3. The van der Waals surface area contributed by atoms with Crippen LogP contribution in [-0.4, -0.2) is 41.0 Å². The van der Waals surface area contributed by atoms with E-state index < -0.39 is 19.1 Å². The maximum atomic E-state index is 12.2. The summed E-state index contributed by atoms with van der Waals surface area (Å²) in [7, 11) is 1.22. The molecule has 122 valence electrons. The number of amides is 1. The van der Waals surface area contributed by atoms with Gasteiger partial charge in [0, 0.05) is 12.6 Å². The first kappa shape index (κ1) is 16.9. The Balaban J connectivity index is 2.14. The molecule has 0 fully saturated rings. The van der Waals surface area contributed by atoms with Crippen LogP contribution in [0.15, 0.2) is 0 Å². The number of ether oxygens (including phenoxy) is 1. The van der Waals surface area contributed by atoms with Gasteiger partial charge in [-0.3, -0.25) is 0 Å². The van der Waals surface area contributed by atoms with E-state index in [1.54, 1.807) is 0 Å². The van der Waals surface area contributed by atoms with Crippen LogP contribution in [0.4, 0.5) is 13.6 Å². The van der Waals surface area contributed by atoms with Crippen molar-refractivity contribution in [2.75, 3.05) is 13.6 Å². The Labute approximate surface area is 132 Å². The van der Waals surface area contributed by atoms with Crippen molar-refractivity contribution in [3.05, 3.63) is 16.4 Å². The van der Waals surface area contributed by atoms with E-state index in [0.29, 0.717) is 6.42 Å². The maximum absolute atomic E-state index is 12.2. The summed E-state index contributed by atoms with van der Waals surface area (Å²) in [6, 6.07) is -0.199. The SMILES string of the molecule is CN(CC(F)F)C(=O)Oc1nc(Cl)c2c(n1)CCC(C)(C)C2. The third-order valence-corrected chi connectivity index (χ3v) is 3.93. The van der Waals surface area contributed by atoms with Crippen molar-refractivity contribution >= 4 is 17.7 Å². The van der Waals surface area contributed by atoms with Gasteiger partial charge in [-0.1, -0.05) is 25.4 Å². The number of halogens is 3. The van der Waals surface area contributed by atoms with Gasteiger partial charge in [-0.15, -0.1) is 0 Å². The van der Waals surface area contributed by atoms with Gasteiger partial charge in [-0.05, 0) is 24.7 Å². The number of rotatable bonds is 3. The van der Waals surface area contributed by atoms with Crippen LogP contribution in [-0.2, 0) is 12.8 Å². The second-order valence-corrected chi connectivity index (χ2v) is 6.56. The molecule has 0 spiro atoms. The summed E-state index contributed by atoms with van der Waals surface area (Å²) in [5.41, 5.74) is 1.73. The number of nitrogens with zero attached hydrogens (tertiary/aromatic N) is 3. The topological polar surface area (TPSA) is 55.3 Å². The molecule has 1 aliphatic rings. The summed E-state index contributed by atoms with van der Waals surface area (Å²) in [6.07, 6.45) is -1.17. The van der Waals surface area contributed by atoms with Gasteiger partial charge in [0.1, 0.15) is 5.15 Å². The molecule has 22 heavy (non-hydrogen) atoms. The van der Waals surface area contributed by atoms with Gasteiger partial charge in [-0.25, -0.2) is 13.6 Å². The number of fused-ring (bicyclic) bond motifs is 1. The number of carbonyl (C=O) groups excluding carboxylic acids is 1. The van der Waals surface area contributed by atoms with E-state index in [1.807, 2.05) is 0 Å². The highest BCUT2D eigenvalue weighted by molar-refractivity contribution is 6.30. The summed E-state index contributed by atoms with van der Waals surface area (Å²) < 4.78 is 29.4. The monoisotopic (exact) mass is 333 g/mol. The molecule has 8 heteroatoms. The molecular weight excluding hydrogens is 316 g/mol. The smallest absolute Gasteiger partial charge is 0.374 e. The molecule has 1 heterocycles. The van der Waals surface area contributed by atoms with Gasteiger partial charge in [0.2, 0.25) is 0 Å². The summed E-state index contributed by atoms with van der Waals surface area (Å²) in [5.74, 6) is 0. The highest BCUT2D eigenvalue weighted by Gasteiger charge is 2.29. The lowest BCUT2D eigenvalue weighted by atomic mass is 9.76. The van der Waals surface area contributed by atoms with Gasteiger partial charge in [0.15, 0.2) is 0 Å². The summed E-state index contributed by atoms with van der Waals surface area (Å²) in [4.78, 5) is 20.6. The lowest BCUT2D eigenvalue weighted by Crippen LogP contribution is -2.34. The number of carbonyl (C=O) groups is 1. The third-order valence-electron chi connectivity index (χ3n) is 3.62. The van der Waals surface area contributed by atoms with Crippen LogP contribution in [0.3, 0.4) is 0 Å². The molecule has 0 aromatic carbocycles. The van der Waals surface area contributed by atoms with E-state index in [-0.39, 0.29) is 16.6 Å². The first-order valence-corrected chi connectivity index (χ1v) is 7.32. The van der Waals surface area contributed by atoms with Crippen molar-refractivity contribution in [1.82, 2.24) is 14.9 Å². The van der Waals surface area contributed by atoms with Crippen LogP contribution < -0.4 is 4.74 Å². The van der Waals surface area contributed by atoms with Crippen molar-refractivity contribution in [3.8, 4) is 6.01 Å². The van der Waals surface area contributed by atoms with Crippen LogP contribution in [0.5, 0.6) is 6.01 Å². The Kier molecular flexibility index (Phi) is 4.84. The van der Waals surface area contributed by atoms with E-state index >= 15 is 0 Å². The third kappa shape index (κ3) is 4.03. The molecule has 0 saturated heterocycles. The van der Waals surface area contributed by atoms with Gasteiger partial charge in [0.05, 0.1) is 12.2 Å². The summed E-state index contributed by atoms with van der Waals surface area (Å²) >= 11 is 6.15. The molecule has 0 radical (unpaired) electrons. The fraction of sp³-hybridized carbons (Fsp3) is 0.643. The fourth-order valence-corrected chi connectivity index (χ4v) is 2.62. The molecule has 1 aromatic heterocycles. The second-order valence-electron chi connectivity index (χ2n) is 6.20. The number of aromatic nitrogens is 2. The van der Waals surface area contributed by atoms with Gasteiger partial charge >= 0.3 is 12.1 Å². The molecule has 0 atom stereocenters. The van der Waals surface area contributed by atoms with Crippen LogP contribution in [0, 0.1) is 5.41 Å². The van der Waals surface area contributed by atoms with Gasteiger partial charge in [-0.2, -0.15) is 9.97 Å². The molecule has 0 saturated carbocycles. The molecule has 5 nitrogen and oxygen atoms in total. The molecule has 0 N–H and O–H groups in total. The second kappa shape index (κ2) is 6.32. The lowest BCUT2D eigenvalue weighted by Gasteiger charge is -2.30. The lowest BCUT2D eigenvalue weighted by molar-refractivity contribution is 0.0920. The Hall–Kier alpha value is -1.50. The molecule has 0 aliphatic heterocycles. The Morgan fingerprint density at radius 3 is 2.77 bits per heavy atom. The Bertz CT molecular complexity index is 581. The van der Waals surface area contributed by atoms with E-state index in [9.17, 15) is 13.6 Å². The van der Waals surface area contributed by atoms with Crippen molar-refractivity contribution in [2.24, 2.45) is 5.41 Å². The predicted octanol–water partition coefficient (Wildman–Crippen LogP) is 3.34. The van der Waals surface area contributed by atoms with E-state index in [1.165, 1.54) is 7.05 Å². The molecular formula is C14H18ClF2N3O2. The van der Waals surface area contributed by atoms with Crippen molar-refractivity contribution in [1.29, 1.82) is 0 Å². The predicted molar refractivity (Wildman–Crippen MR) is 77.5 cm³/mol. The van der Waals surface area contributed by atoms with E-state index in [2.05, 4.69) is 23.8 Å². The zero-order chi connectivity index (χ0) is 16.5. The number of hydrogen-bond donors (Lipinski definition) is 0. The number of aryl methyl sites for hydroxylation is 1. The molecule has 0 unspecified atom stereocenters. The first-order chi connectivity index (χ1) is 10.2. The summed E-state index contributed by atoms with van der Waals surface area (Å²) in [5, 5.41) is 0.247. The van der Waals surface area contributed by atoms with Crippen LogP contribution in [0.1, 0.15) is 31.5 Å². The first-order valence-electron chi connectivity index (χ1n) is 6.94. The highest BCUT2D eigenvalue weighted by atomic mass is 35.5. The minimum atomic E-state index is -2.63. The number of alkyl halides is 2. The average Bonchev–Trinajstić information content (AvgIpc) is 2.38. The zero-order valence-electron chi connectivity index (χ0n) is 12.7. The van der Waals surface area contributed by atoms with Crippen molar-refractivity contribution in [3.63, 3.8) is 0 Å². The summed E-state index contributed by atoms with van der Waals surface area (Å²) in [6.45, 7) is 3.56. The van der Waals surface area contributed by atoms with Crippen LogP contribution in [0.25, 0.3) is 0 Å². The maximum Gasteiger partial charge on any atom is 0.417 e. The van der Waals surface area contributed by atoms with Crippen LogP contribution >= 0.6 is 11.6 Å². The highest BCUT2D eigenvalue weighted by Crippen LogP contribution is 2.37. The molecule has 0 bridgehead atoms. The zero-order valence-corrected chi connectivity index (χ0v) is 13.5. The minimum Gasteiger partial charge on any atom is -0.374 e.